The molecule has 1 heterocycles. The van der Waals surface area contributed by atoms with Crippen molar-refractivity contribution in [3.05, 3.63) is 83.3 Å². The van der Waals surface area contributed by atoms with Crippen LogP contribution >= 0.6 is 0 Å². The number of carboxylic acid groups (broad SMARTS) is 1. The number of aliphatic hydroxyl groups excluding tert-OH is 1. The van der Waals surface area contributed by atoms with Gasteiger partial charge in [0.05, 0.1) is 19.7 Å². The zero-order valence-electron chi connectivity index (χ0n) is 18.0. The number of benzene rings is 2. The monoisotopic (exact) mass is 466 g/mol. The van der Waals surface area contributed by atoms with Crippen molar-refractivity contribution < 1.29 is 34.4 Å². The summed E-state index contributed by atoms with van der Waals surface area (Å²) in [5, 5.41) is 33.1. The van der Waals surface area contributed by atoms with Gasteiger partial charge in [-0.1, -0.05) is 42.5 Å². The Morgan fingerprint density at radius 1 is 1.00 bits per heavy atom. The maximum Gasteiger partial charge on any atom is 0.334 e. The Morgan fingerprint density at radius 2 is 1.65 bits per heavy atom. The zero-order chi connectivity index (χ0) is 24.7. The molecule has 11 nitrogen and oxygen atoms in total. The van der Waals surface area contributed by atoms with Gasteiger partial charge in [-0.15, -0.1) is 0 Å². The number of aliphatic carboxylic acids is 1. The number of rotatable bonds is 9. The fourth-order valence-electron chi connectivity index (χ4n) is 3.01. The van der Waals surface area contributed by atoms with Crippen LogP contribution in [0.1, 0.15) is 38.1 Å². The van der Waals surface area contributed by atoms with E-state index in [-0.39, 0.29) is 5.56 Å². The standard InChI is InChI=1S/C23H22N4O7/c1-34-15-9-7-14(8-10-15)18(13-5-3-2-4-6-13)26-20(29)16-11-24-19(27-21(16)30)22(31)25-12-17(28)23(32)33/h2-11,17-18,28H,12H2,1H3,(H,25,31)(H,26,29)(H,32,33)(H,24,27,30)/t17-,18-/m1/s1. The molecule has 0 spiro atoms. The minimum absolute atomic E-state index is 0.267. The van der Waals surface area contributed by atoms with Gasteiger partial charge in [0.15, 0.2) is 6.10 Å². The van der Waals surface area contributed by atoms with Crippen LogP contribution in [-0.4, -0.2) is 62.8 Å². The Morgan fingerprint density at radius 3 is 2.24 bits per heavy atom. The Hall–Kier alpha value is -4.51. The number of amides is 2. The molecule has 0 bridgehead atoms. The van der Waals surface area contributed by atoms with Crippen LogP contribution < -0.4 is 15.4 Å². The molecule has 11 heteroatoms. The van der Waals surface area contributed by atoms with Gasteiger partial charge in [-0.05, 0) is 23.3 Å². The average molecular weight is 466 g/mol. The van der Waals surface area contributed by atoms with Crippen molar-refractivity contribution in [2.75, 3.05) is 13.7 Å². The fraction of sp³-hybridized carbons (Fsp3) is 0.174. The van der Waals surface area contributed by atoms with Crippen molar-refractivity contribution in [2.45, 2.75) is 12.1 Å². The molecule has 0 aliphatic carbocycles. The van der Waals surface area contributed by atoms with Gasteiger partial charge < -0.3 is 30.7 Å². The highest BCUT2D eigenvalue weighted by Crippen LogP contribution is 2.25. The number of aromatic hydroxyl groups is 1. The number of carbonyl (C=O) groups excluding carboxylic acids is 2. The molecule has 176 valence electrons. The van der Waals surface area contributed by atoms with Crippen molar-refractivity contribution in [3.8, 4) is 11.6 Å². The number of nitrogens with one attached hydrogen (secondary N) is 2. The smallest absolute Gasteiger partial charge is 0.334 e. The van der Waals surface area contributed by atoms with Gasteiger partial charge in [0.25, 0.3) is 11.8 Å². The van der Waals surface area contributed by atoms with E-state index in [1.54, 1.807) is 31.4 Å². The lowest BCUT2D eigenvalue weighted by Crippen LogP contribution is -2.37. The molecular weight excluding hydrogens is 444 g/mol. The van der Waals surface area contributed by atoms with Crippen LogP contribution in [0.5, 0.6) is 11.6 Å². The summed E-state index contributed by atoms with van der Waals surface area (Å²) < 4.78 is 5.18. The van der Waals surface area contributed by atoms with E-state index in [1.165, 1.54) is 0 Å². The van der Waals surface area contributed by atoms with Crippen LogP contribution in [0.3, 0.4) is 0 Å². The third kappa shape index (κ3) is 5.84. The third-order valence-electron chi connectivity index (χ3n) is 4.81. The lowest BCUT2D eigenvalue weighted by Gasteiger charge is -2.20. The molecule has 3 rings (SSSR count). The van der Waals surface area contributed by atoms with Crippen LogP contribution in [0, 0.1) is 0 Å². The fourth-order valence-corrected chi connectivity index (χ4v) is 3.01. The van der Waals surface area contributed by atoms with Crippen molar-refractivity contribution in [1.29, 1.82) is 0 Å². The van der Waals surface area contributed by atoms with E-state index in [0.717, 1.165) is 17.3 Å². The summed E-state index contributed by atoms with van der Waals surface area (Å²) in [6.07, 6.45) is -0.827. The minimum Gasteiger partial charge on any atom is -0.497 e. The zero-order valence-corrected chi connectivity index (χ0v) is 18.0. The Kier molecular flexibility index (Phi) is 7.72. The number of aliphatic hydroxyl groups is 1. The van der Waals surface area contributed by atoms with E-state index in [2.05, 4.69) is 20.6 Å². The normalized spacial score (nSPS) is 12.3. The molecule has 1 aromatic heterocycles. The van der Waals surface area contributed by atoms with Gasteiger partial charge in [0, 0.05) is 6.20 Å². The Labute approximate surface area is 194 Å². The summed E-state index contributed by atoms with van der Waals surface area (Å²) in [5.41, 5.74) is 1.28. The van der Waals surface area contributed by atoms with E-state index in [9.17, 15) is 24.6 Å². The molecule has 2 amide bonds. The summed E-state index contributed by atoms with van der Waals surface area (Å²) in [6.45, 7) is -0.582. The van der Waals surface area contributed by atoms with Gasteiger partial charge in [0.2, 0.25) is 11.7 Å². The van der Waals surface area contributed by atoms with Gasteiger partial charge in [-0.3, -0.25) is 9.59 Å². The first kappa shape index (κ1) is 24.1. The minimum atomic E-state index is -1.81. The molecule has 0 fully saturated rings. The van der Waals surface area contributed by atoms with E-state index in [0.29, 0.717) is 5.75 Å². The van der Waals surface area contributed by atoms with Crippen molar-refractivity contribution in [1.82, 2.24) is 20.6 Å². The number of aromatic nitrogens is 2. The maximum atomic E-state index is 12.9. The largest absolute Gasteiger partial charge is 0.497 e. The molecular formula is C23H22N4O7. The quantitative estimate of drug-likeness (QED) is 0.307. The highest BCUT2D eigenvalue weighted by molar-refractivity contribution is 5.97. The second kappa shape index (κ2) is 10.9. The van der Waals surface area contributed by atoms with E-state index in [1.807, 2.05) is 30.3 Å². The van der Waals surface area contributed by atoms with Gasteiger partial charge >= 0.3 is 5.97 Å². The van der Waals surface area contributed by atoms with E-state index in [4.69, 9.17) is 9.84 Å². The predicted octanol–water partition coefficient (Wildman–Crippen LogP) is 0.885. The summed E-state index contributed by atoms with van der Waals surface area (Å²) in [6, 6.07) is 15.7. The molecule has 0 aliphatic heterocycles. The van der Waals surface area contributed by atoms with E-state index >= 15 is 0 Å². The molecule has 0 saturated heterocycles. The van der Waals surface area contributed by atoms with Crippen LogP contribution in [0.2, 0.25) is 0 Å². The highest BCUT2D eigenvalue weighted by atomic mass is 16.5. The first-order valence-corrected chi connectivity index (χ1v) is 10.0. The molecule has 0 saturated carbocycles. The number of methoxy groups -OCH3 is 1. The topological polar surface area (TPSA) is 171 Å². The van der Waals surface area contributed by atoms with Crippen molar-refractivity contribution >= 4 is 17.8 Å². The van der Waals surface area contributed by atoms with Crippen LogP contribution in [-0.2, 0) is 4.79 Å². The maximum absolute atomic E-state index is 12.9. The number of ether oxygens (including phenoxy) is 1. The first-order chi connectivity index (χ1) is 16.3. The summed E-state index contributed by atoms with van der Waals surface area (Å²) in [4.78, 5) is 43.0. The number of nitrogens with zero attached hydrogens (tertiary/aromatic N) is 2. The molecule has 3 aromatic rings. The number of carbonyl (C=O) groups is 3. The van der Waals surface area contributed by atoms with Crippen molar-refractivity contribution in [3.63, 3.8) is 0 Å². The predicted molar refractivity (Wildman–Crippen MR) is 118 cm³/mol. The molecule has 5 N–H and O–H groups in total. The summed E-state index contributed by atoms with van der Waals surface area (Å²) >= 11 is 0. The van der Waals surface area contributed by atoms with Gasteiger partial charge in [-0.2, -0.15) is 4.98 Å². The summed E-state index contributed by atoms with van der Waals surface area (Å²) in [7, 11) is 1.55. The summed E-state index contributed by atoms with van der Waals surface area (Å²) in [5.74, 6) is -3.71. The van der Waals surface area contributed by atoms with Crippen LogP contribution in [0.4, 0.5) is 0 Å². The molecule has 2 aromatic carbocycles. The molecule has 0 aliphatic rings. The second-order valence-corrected chi connectivity index (χ2v) is 7.09. The van der Waals surface area contributed by atoms with Crippen LogP contribution in [0.15, 0.2) is 60.8 Å². The van der Waals surface area contributed by atoms with E-state index < -0.39 is 48.2 Å². The molecule has 34 heavy (non-hydrogen) atoms. The Bertz CT molecular complexity index is 1170. The highest BCUT2D eigenvalue weighted by Gasteiger charge is 2.23. The second-order valence-electron chi connectivity index (χ2n) is 7.09. The average Bonchev–Trinajstić information content (AvgIpc) is 2.85. The molecule has 0 radical (unpaired) electrons. The lowest BCUT2D eigenvalue weighted by atomic mass is 9.98. The first-order valence-electron chi connectivity index (χ1n) is 10.0. The number of hydrogen-bond acceptors (Lipinski definition) is 8. The SMILES string of the molecule is COc1ccc([C@H](NC(=O)c2cnc(C(=O)NC[C@@H](O)C(=O)O)nc2O)c2ccccc2)cc1. The molecule has 2 atom stereocenters. The molecule has 0 unspecified atom stereocenters. The van der Waals surface area contributed by atoms with Crippen LogP contribution in [0.25, 0.3) is 0 Å². The van der Waals surface area contributed by atoms with Crippen molar-refractivity contribution in [2.24, 2.45) is 0 Å². The van der Waals surface area contributed by atoms with Gasteiger partial charge in [0.1, 0.15) is 11.3 Å². The number of carboxylic acids is 1. The van der Waals surface area contributed by atoms with Gasteiger partial charge in [-0.25, -0.2) is 9.78 Å². The third-order valence-corrected chi connectivity index (χ3v) is 4.81. The lowest BCUT2D eigenvalue weighted by molar-refractivity contribution is -0.146. The Balaban J connectivity index is 1.80. The number of hydrogen-bond donors (Lipinski definition) is 5.